The quantitative estimate of drug-likeness (QED) is 0.672. The minimum atomic E-state index is 0.159. The molecule has 2 N–H and O–H groups in total. The Morgan fingerprint density at radius 1 is 1.42 bits per heavy atom. The molecule has 0 rings (SSSR count). The molecular weight excluding hydrogens is 152 g/mol. The highest BCUT2D eigenvalue weighted by molar-refractivity contribution is 5.76. The summed E-state index contributed by atoms with van der Waals surface area (Å²) in [7, 11) is 1.86. The topological polar surface area (TPSA) is 46.3 Å². The monoisotopic (exact) mass is 172 g/mol. The molecular formula is C9H20N2O. The van der Waals surface area contributed by atoms with Crippen LogP contribution in [0.15, 0.2) is 0 Å². The number of hydrogen-bond acceptors (Lipinski definition) is 2. The fourth-order valence-electron chi connectivity index (χ4n) is 1.34. The lowest BCUT2D eigenvalue weighted by Crippen LogP contribution is -2.37. The average molecular weight is 172 g/mol. The van der Waals surface area contributed by atoms with Crippen LogP contribution in [0.25, 0.3) is 0 Å². The minimum absolute atomic E-state index is 0.159. The molecule has 0 aliphatic carbocycles. The smallest absolute Gasteiger partial charge is 0.223 e. The van der Waals surface area contributed by atoms with Crippen LogP contribution in [-0.4, -0.2) is 30.4 Å². The summed E-state index contributed by atoms with van der Waals surface area (Å²) in [5.74, 6) is 0.159. The van der Waals surface area contributed by atoms with Crippen LogP contribution in [0.4, 0.5) is 0 Å². The maximum Gasteiger partial charge on any atom is 0.223 e. The van der Waals surface area contributed by atoms with Crippen molar-refractivity contribution in [1.29, 1.82) is 0 Å². The van der Waals surface area contributed by atoms with E-state index in [9.17, 15) is 4.79 Å². The van der Waals surface area contributed by atoms with Gasteiger partial charge in [-0.1, -0.05) is 13.8 Å². The van der Waals surface area contributed by atoms with Crippen LogP contribution in [0.2, 0.25) is 0 Å². The number of rotatable bonds is 5. The molecule has 0 aromatic rings. The van der Waals surface area contributed by atoms with Gasteiger partial charge in [-0.15, -0.1) is 0 Å². The van der Waals surface area contributed by atoms with Crippen molar-refractivity contribution >= 4 is 5.91 Å². The van der Waals surface area contributed by atoms with Gasteiger partial charge in [0, 0.05) is 26.1 Å². The Hall–Kier alpha value is -0.570. The van der Waals surface area contributed by atoms with Gasteiger partial charge < -0.3 is 10.6 Å². The molecule has 0 saturated carbocycles. The number of hydrogen-bond donors (Lipinski definition) is 1. The Bertz CT molecular complexity index is 132. The van der Waals surface area contributed by atoms with E-state index in [0.717, 1.165) is 12.8 Å². The molecule has 0 bridgehead atoms. The molecule has 0 aliphatic rings. The lowest BCUT2D eigenvalue weighted by Gasteiger charge is -2.26. The number of nitrogens with two attached hydrogens (primary N) is 1. The molecule has 0 spiro atoms. The van der Waals surface area contributed by atoms with Crippen LogP contribution < -0.4 is 5.73 Å². The van der Waals surface area contributed by atoms with Gasteiger partial charge in [0.25, 0.3) is 0 Å². The molecule has 0 atom stereocenters. The first-order valence-electron chi connectivity index (χ1n) is 4.63. The van der Waals surface area contributed by atoms with Gasteiger partial charge in [0.2, 0.25) is 5.91 Å². The number of carbonyl (C=O) groups is 1. The van der Waals surface area contributed by atoms with Crippen molar-refractivity contribution in [2.24, 2.45) is 5.73 Å². The zero-order valence-electron chi connectivity index (χ0n) is 8.34. The van der Waals surface area contributed by atoms with Crippen LogP contribution in [0.5, 0.6) is 0 Å². The Balaban J connectivity index is 3.96. The van der Waals surface area contributed by atoms with E-state index < -0.39 is 0 Å². The summed E-state index contributed by atoms with van der Waals surface area (Å²) in [5, 5.41) is 0. The van der Waals surface area contributed by atoms with Crippen molar-refractivity contribution < 1.29 is 4.79 Å². The van der Waals surface area contributed by atoms with E-state index in [-0.39, 0.29) is 5.91 Å². The summed E-state index contributed by atoms with van der Waals surface area (Å²) >= 11 is 0. The van der Waals surface area contributed by atoms with Crippen molar-refractivity contribution in [3.05, 3.63) is 0 Å². The Morgan fingerprint density at radius 2 is 1.92 bits per heavy atom. The van der Waals surface area contributed by atoms with Gasteiger partial charge in [-0.2, -0.15) is 0 Å². The highest BCUT2D eigenvalue weighted by Crippen LogP contribution is 2.06. The van der Waals surface area contributed by atoms with Gasteiger partial charge in [-0.05, 0) is 12.8 Å². The van der Waals surface area contributed by atoms with Crippen molar-refractivity contribution in [3.8, 4) is 0 Å². The minimum Gasteiger partial charge on any atom is -0.343 e. The summed E-state index contributed by atoms with van der Waals surface area (Å²) < 4.78 is 0. The Morgan fingerprint density at radius 3 is 2.25 bits per heavy atom. The summed E-state index contributed by atoms with van der Waals surface area (Å²) in [6.07, 6.45) is 2.50. The molecule has 3 nitrogen and oxygen atoms in total. The first-order chi connectivity index (χ1) is 5.67. The zero-order chi connectivity index (χ0) is 9.56. The molecule has 0 aromatic carbocycles. The predicted molar refractivity (Wildman–Crippen MR) is 50.8 cm³/mol. The number of carbonyl (C=O) groups excluding carboxylic acids is 1. The standard InChI is InChI=1S/C9H20N2O/c1-4-8(5-2)11(3)9(12)6-7-10/h8H,4-7,10H2,1-3H3. The van der Waals surface area contributed by atoms with Gasteiger partial charge in [0.15, 0.2) is 0 Å². The maximum atomic E-state index is 11.3. The van der Waals surface area contributed by atoms with Crippen molar-refractivity contribution in [3.63, 3.8) is 0 Å². The first-order valence-corrected chi connectivity index (χ1v) is 4.63. The van der Waals surface area contributed by atoms with Crippen molar-refractivity contribution in [2.75, 3.05) is 13.6 Å². The predicted octanol–water partition coefficient (Wildman–Crippen LogP) is 0.982. The van der Waals surface area contributed by atoms with Gasteiger partial charge >= 0.3 is 0 Å². The zero-order valence-corrected chi connectivity index (χ0v) is 8.34. The third-order valence-corrected chi connectivity index (χ3v) is 2.24. The second-order valence-corrected chi connectivity index (χ2v) is 3.01. The SMILES string of the molecule is CCC(CC)N(C)C(=O)CCN. The third-order valence-electron chi connectivity index (χ3n) is 2.24. The number of amides is 1. The molecule has 0 saturated heterocycles. The normalized spacial score (nSPS) is 10.4. The van der Waals surface area contributed by atoms with E-state index in [1.54, 1.807) is 0 Å². The third kappa shape index (κ3) is 3.22. The molecule has 1 amide bonds. The fraction of sp³-hybridized carbons (Fsp3) is 0.889. The molecule has 0 aliphatic heterocycles. The highest BCUT2D eigenvalue weighted by atomic mass is 16.2. The Labute approximate surface area is 74.9 Å². The van der Waals surface area contributed by atoms with E-state index in [2.05, 4.69) is 13.8 Å². The second kappa shape index (κ2) is 6.00. The summed E-state index contributed by atoms with van der Waals surface area (Å²) in [6.45, 7) is 4.64. The van der Waals surface area contributed by atoms with E-state index in [4.69, 9.17) is 5.73 Å². The van der Waals surface area contributed by atoms with Crippen LogP contribution in [0, 0.1) is 0 Å². The first kappa shape index (κ1) is 11.4. The van der Waals surface area contributed by atoms with Crippen LogP contribution in [0.1, 0.15) is 33.1 Å². The lowest BCUT2D eigenvalue weighted by molar-refractivity contribution is -0.131. The Kier molecular flexibility index (Phi) is 5.72. The van der Waals surface area contributed by atoms with Gasteiger partial charge in [0.05, 0.1) is 0 Å². The molecule has 0 fully saturated rings. The highest BCUT2D eigenvalue weighted by Gasteiger charge is 2.14. The summed E-state index contributed by atoms with van der Waals surface area (Å²) in [5.41, 5.74) is 5.30. The van der Waals surface area contributed by atoms with Crippen molar-refractivity contribution in [1.82, 2.24) is 4.90 Å². The summed E-state index contributed by atoms with van der Waals surface area (Å²) in [4.78, 5) is 13.2. The van der Waals surface area contributed by atoms with Gasteiger partial charge in [-0.3, -0.25) is 4.79 Å². The molecule has 0 heterocycles. The van der Waals surface area contributed by atoms with E-state index in [0.29, 0.717) is 19.0 Å². The molecule has 0 unspecified atom stereocenters. The molecule has 12 heavy (non-hydrogen) atoms. The van der Waals surface area contributed by atoms with E-state index >= 15 is 0 Å². The average Bonchev–Trinajstić information content (AvgIpc) is 2.07. The second-order valence-electron chi connectivity index (χ2n) is 3.01. The molecule has 72 valence electrons. The molecule has 3 heteroatoms. The summed E-state index contributed by atoms with van der Waals surface area (Å²) in [6, 6.07) is 0.379. The van der Waals surface area contributed by atoms with Crippen LogP contribution in [-0.2, 0) is 4.79 Å². The van der Waals surface area contributed by atoms with Gasteiger partial charge in [0.1, 0.15) is 0 Å². The maximum absolute atomic E-state index is 11.3. The van der Waals surface area contributed by atoms with Crippen LogP contribution in [0.3, 0.4) is 0 Å². The van der Waals surface area contributed by atoms with Gasteiger partial charge in [-0.25, -0.2) is 0 Å². The van der Waals surface area contributed by atoms with Crippen LogP contribution >= 0.6 is 0 Å². The van der Waals surface area contributed by atoms with E-state index in [1.165, 1.54) is 0 Å². The molecule has 0 aromatic heterocycles. The fourth-order valence-corrected chi connectivity index (χ4v) is 1.34. The molecule has 0 radical (unpaired) electrons. The lowest BCUT2D eigenvalue weighted by atomic mass is 10.1. The largest absolute Gasteiger partial charge is 0.343 e. The van der Waals surface area contributed by atoms with E-state index in [1.807, 2.05) is 11.9 Å². The number of nitrogens with zero attached hydrogens (tertiary/aromatic N) is 1. The van der Waals surface area contributed by atoms with Crippen molar-refractivity contribution in [2.45, 2.75) is 39.2 Å².